The molecule has 2 N–H and O–H groups in total. The van der Waals surface area contributed by atoms with Crippen LogP contribution in [0.25, 0.3) is 0 Å². The summed E-state index contributed by atoms with van der Waals surface area (Å²) < 4.78 is 0. The van der Waals surface area contributed by atoms with Gasteiger partial charge in [-0.05, 0) is 32.4 Å². The van der Waals surface area contributed by atoms with Crippen molar-refractivity contribution < 1.29 is 0 Å². The quantitative estimate of drug-likeness (QED) is 0.680. The second-order valence-electron chi connectivity index (χ2n) is 4.95. The maximum atomic E-state index is 6.09. The number of rotatable bonds is 0. The van der Waals surface area contributed by atoms with E-state index in [4.69, 9.17) is 5.73 Å². The van der Waals surface area contributed by atoms with Gasteiger partial charge in [0.2, 0.25) is 0 Å². The zero-order valence-corrected chi connectivity index (χ0v) is 9.12. The lowest BCUT2D eigenvalue weighted by molar-refractivity contribution is 0.503. The molecule has 2 heteroatoms. The fourth-order valence-electron chi connectivity index (χ4n) is 2.08. The van der Waals surface area contributed by atoms with Gasteiger partial charge < -0.3 is 10.6 Å². The Morgan fingerprint density at radius 2 is 1.93 bits per heavy atom. The van der Waals surface area contributed by atoms with Gasteiger partial charge in [-0.15, -0.1) is 0 Å². The first-order valence-electron chi connectivity index (χ1n) is 5.12. The van der Waals surface area contributed by atoms with Crippen LogP contribution in [-0.2, 0) is 0 Å². The number of benzene rings is 1. The molecule has 0 spiro atoms. The third kappa shape index (κ3) is 1.40. The van der Waals surface area contributed by atoms with Crippen molar-refractivity contribution in [2.75, 3.05) is 11.4 Å². The molecule has 0 saturated carbocycles. The normalized spacial score (nSPS) is 21.1. The summed E-state index contributed by atoms with van der Waals surface area (Å²) in [7, 11) is 0. The molecule has 76 valence electrons. The molecule has 0 saturated heterocycles. The van der Waals surface area contributed by atoms with Crippen LogP contribution >= 0.6 is 0 Å². The Morgan fingerprint density at radius 3 is 2.57 bits per heavy atom. The van der Waals surface area contributed by atoms with Crippen LogP contribution in [0.2, 0.25) is 0 Å². The van der Waals surface area contributed by atoms with E-state index in [0.29, 0.717) is 0 Å². The highest BCUT2D eigenvalue weighted by Gasteiger charge is 2.32. The Hall–Kier alpha value is -1.02. The van der Waals surface area contributed by atoms with Crippen LogP contribution in [0.5, 0.6) is 0 Å². The topological polar surface area (TPSA) is 29.3 Å². The van der Waals surface area contributed by atoms with Crippen LogP contribution in [-0.4, -0.2) is 12.1 Å². The lowest BCUT2D eigenvalue weighted by atomic mass is 10.1. The zero-order chi connectivity index (χ0) is 10.3. The molecule has 2 rings (SSSR count). The third-order valence-electron chi connectivity index (χ3n) is 2.82. The number of para-hydroxylation sites is 1. The third-order valence-corrected chi connectivity index (χ3v) is 2.82. The molecule has 0 aliphatic carbocycles. The van der Waals surface area contributed by atoms with E-state index in [2.05, 4.69) is 49.9 Å². The monoisotopic (exact) mass is 190 g/mol. The standard InChI is InChI=1S/C12H18N2/c1-12(2,3)14-8-10(13)9-6-4-5-7-11(9)14/h4-7,10H,8,13H2,1-3H3. The van der Waals surface area contributed by atoms with Crippen LogP contribution in [0.4, 0.5) is 5.69 Å². The van der Waals surface area contributed by atoms with Crippen molar-refractivity contribution in [1.29, 1.82) is 0 Å². The highest BCUT2D eigenvalue weighted by Crippen LogP contribution is 2.37. The van der Waals surface area contributed by atoms with Crippen LogP contribution < -0.4 is 10.6 Å². The lowest BCUT2D eigenvalue weighted by Gasteiger charge is -2.34. The van der Waals surface area contributed by atoms with E-state index in [9.17, 15) is 0 Å². The Balaban J connectivity index is 2.44. The van der Waals surface area contributed by atoms with Gasteiger partial charge in [0.1, 0.15) is 0 Å². The van der Waals surface area contributed by atoms with E-state index in [1.54, 1.807) is 0 Å². The van der Waals surface area contributed by atoms with Crippen LogP contribution in [0.1, 0.15) is 32.4 Å². The molecule has 0 amide bonds. The Morgan fingerprint density at radius 1 is 1.29 bits per heavy atom. The molecule has 1 aliphatic rings. The highest BCUT2D eigenvalue weighted by molar-refractivity contribution is 5.61. The minimum atomic E-state index is 0.157. The molecule has 1 atom stereocenters. The molecular formula is C12H18N2. The maximum absolute atomic E-state index is 6.09. The largest absolute Gasteiger partial charge is 0.365 e. The Labute approximate surface area is 85.7 Å². The molecule has 1 aliphatic heterocycles. The van der Waals surface area contributed by atoms with Gasteiger partial charge in [-0.1, -0.05) is 18.2 Å². The van der Waals surface area contributed by atoms with Gasteiger partial charge in [-0.3, -0.25) is 0 Å². The Kier molecular flexibility index (Phi) is 2.04. The number of hydrogen-bond acceptors (Lipinski definition) is 2. The van der Waals surface area contributed by atoms with Crippen molar-refractivity contribution in [1.82, 2.24) is 0 Å². The Bertz CT molecular complexity index is 338. The lowest BCUT2D eigenvalue weighted by Crippen LogP contribution is -2.41. The van der Waals surface area contributed by atoms with Gasteiger partial charge >= 0.3 is 0 Å². The zero-order valence-electron chi connectivity index (χ0n) is 9.12. The summed E-state index contributed by atoms with van der Waals surface area (Å²) in [6.45, 7) is 7.61. The van der Waals surface area contributed by atoms with Gasteiger partial charge in [0, 0.05) is 23.8 Å². The number of anilines is 1. The fraction of sp³-hybridized carbons (Fsp3) is 0.500. The van der Waals surface area contributed by atoms with Crippen LogP contribution in [0.15, 0.2) is 24.3 Å². The molecule has 0 fully saturated rings. The summed E-state index contributed by atoms with van der Waals surface area (Å²) in [5.41, 5.74) is 8.83. The van der Waals surface area contributed by atoms with Crippen molar-refractivity contribution in [3.63, 3.8) is 0 Å². The predicted molar refractivity (Wildman–Crippen MR) is 60.5 cm³/mol. The summed E-state index contributed by atoms with van der Waals surface area (Å²) in [5, 5.41) is 0. The molecular weight excluding hydrogens is 172 g/mol. The summed E-state index contributed by atoms with van der Waals surface area (Å²) in [5.74, 6) is 0. The van der Waals surface area contributed by atoms with Crippen molar-refractivity contribution in [2.45, 2.75) is 32.4 Å². The molecule has 0 radical (unpaired) electrons. The average molecular weight is 190 g/mol. The summed E-state index contributed by atoms with van der Waals surface area (Å²) in [6.07, 6.45) is 0. The van der Waals surface area contributed by atoms with Gasteiger partial charge in [0.25, 0.3) is 0 Å². The molecule has 1 heterocycles. The molecule has 1 aromatic carbocycles. The fourth-order valence-corrected chi connectivity index (χ4v) is 2.08. The van der Waals surface area contributed by atoms with Gasteiger partial charge in [-0.2, -0.15) is 0 Å². The van der Waals surface area contributed by atoms with E-state index >= 15 is 0 Å². The number of hydrogen-bond donors (Lipinski definition) is 1. The highest BCUT2D eigenvalue weighted by atomic mass is 15.2. The van der Waals surface area contributed by atoms with Crippen molar-refractivity contribution in [3.8, 4) is 0 Å². The smallest absolute Gasteiger partial charge is 0.0494 e. The molecule has 0 bridgehead atoms. The number of nitrogens with zero attached hydrogens (tertiary/aromatic N) is 1. The number of nitrogens with two attached hydrogens (primary N) is 1. The first kappa shape index (κ1) is 9.53. The first-order valence-corrected chi connectivity index (χ1v) is 5.12. The molecule has 14 heavy (non-hydrogen) atoms. The van der Waals surface area contributed by atoms with Crippen molar-refractivity contribution >= 4 is 5.69 Å². The molecule has 2 nitrogen and oxygen atoms in total. The summed E-state index contributed by atoms with van der Waals surface area (Å²) in [4.78, 5) is 2.38. The molecule has 1 unspecified atom stereocenters. The van der Waals surface area contributed by atoms with E-state index < -0.39 is 0 Å². The molecule has 1 aromatic rings. The van der Waals surface area contributed by atoms with Gasteiger partial charge in [0.05, 0.1) is 0 Å². The van der Waals surface area contributed by atoms with Gasteiger partial charge in [-0.25, -0.2) is 0 Å². The minimum Gasteiger partial charge on any atom is -0.365 e. The second-order valence-corrected chi connectivity index (χ2v) is 4.95. The van der Waals surface area contributed by atoms with Crippen LogP contribution in [0, 0.1) is 0 Å². The minimum absolute atomic E-state index is 0.157. The van der Waals surface area contributed by atoms with E-state index in [1.807, 2.05) is 0 Å². The second kappa shape index (κ2) is 2.99. The predicted octanol–water partition coefficient (Wildman–Crippen LogP) is 2.30. The van der Waals surface area contributed by atoms with E-state index in [1.165, 1.54) is 11.3 Å². The maximum Gasteiger partial charge on any atom is 0.0494 e. The average Bonchev–Trinajstić information content (AvgIpc) is 2.44. The molecule has 0 aromatic heterocycles. The summed E-state index contributed by atoms with van der Waals surface area (Å²) >= 11 is 0. The van der Waals surface area contributed by atoms with Crippen LogP contribution in [0.3, 0.4) is 0 Å². The van der Waals surface area contributed by atoms with E-state index in [-0.39, 0.29) is 11.6 Å². The van der Waals surface area contributed by atoms with Gasteiger partial charge in [0.15, 0.2) is 0 Å². The van der Waals surface area contributed by atoms with E-state index in [0.717, 1.165) is 6.54 Å². The SMILES string of the molecule is CC(C)(C)N1CC(N)c2ccccc21. The summed E-state index contributed by atoms with van der Waals surface area (Å²) in [6, 6.07) is 8.60. The number of fused-ring (bicyclic) bond motifs is 1. The van der Waals surface area contributed by atoms with Crippen molar-refractivity contribution in [2.24, 2.45) is 5.73 Å². The van der Waals surface area contributed by atoms with Crippen molar-refractivity contribution in [3.05, 3.63) is 29.8 Å². The first-order chi connectivity index (χ1) is 6.50.